The fourth-order valence-corrected chi connectivity index (χ4v) is 3.13. The maximum atomic E-state index is 11.2. The molecule has 0 aliphatic carbocycles. The van der Waals surface area contributed by atoms with E-state index in [2.05, 4.69) is 10.2 Å². The highest BCUT2D eigenvalue weighted by molar-refractivity contribution is 7.99. The molecule has 6 nitrogen and oxygen atoms in total. The zero-order valence-electron chi connectivity index (χ0n) is 14.0. The van der Waals surface area contributed by atoms with Gasteiger partial charge in [-0.25, -0.2) is 0 Å². The first-order chi connectivity index (χ1) is 12.1. The van der Waals surface area contributed by atoms with E-state index >= 15 is 0 Å². The number of thioether (sulfide) groups is 1. The number of nitrogens with zero attached hydrogens (tertiary/aromatic N) is 3. The summed E-state index contributed by atoms with van der Waals surface area (Å²) >= 11 is 1.26. The highest BCUT2D eigenvalue weighted by Gasteiger charge is 2.17. The first-order valence-electron chi connectivity index (χ1n) is 7.66. The smallest absolute Gasteiger partial charge is 0.227 e. The van der Waals surface area contributed by atoms with Crippen molar-refractivity contribution in [3.8, 4) is 22.8 Å². The van der Waals surface area contributed by atoms with Crippen LogP contribution in [0, 0.1) is 6.92 Å². The molecular formula is C18H18N4O2S. The van der Waals surface area contributed by atoms with Crippen molar-refractivity contribution in [2.45, 2.75) is 12.1 Å². The van der Waals surface area contributed by atoms with Crippen LogP contribution < -0.4 is 10.5 Å². The lowest BCUT2D eigenvalue weighted by Crippen LogP contribution is -2.13. The summed E-state index contributed by atoms with van der Waals surface area (Å²) in [6.07, 6.45) is 0. The number of rotatable bonds is 6. The highest BCUT2D eigenvalue weighted by atomic mass is 32.2. The molecule has 0 saturated heterocycles. The molecule has 0 aliphatic rings. The van der Waals surface area contributed by atoms with Crippen LogP contribution in [-0.4, -0.2) is 33.5 Å². The molecular weight excluding hydrogens is 336 g/mol. The average molecular weight is 354 g/mol. The summed E-state index contributed by atoms with van der Waals surface area (Å²) in [6, 6.07) is 15.6. The van der Waals surface area contributed by atoms with Crippen molar-refractivity contribution in [3.05, 3.63) is 54.1 Å². The Balaban J connectivity index is 2.10. The summed E-state index contributed by atoms with van der Waals surface area (Å²) < 4.78 is 7.14. The molecule has 0 atom stereocenters. The molecule has 1 amide bonds. The molecule has 0 bridgehead atoms. The first-order valence-corrected chi connectivity index (χ1v) is 8.65. The lowest BCUT2D eigenvalue weighted by atomic mass is 10.1. The van der Waals surface area contributed by atoms with Gasteiger partial charge >= 0.3 is 0 Å². The van der Waals surface area contributed by atoms with Crippen molar-refractivity contribution >= 4 is 17.7 Å². The predicted molar refractivity (Wildman–Crippen MR) is 98.0 cm³/mol. The second-order valence-electron chi connectivity index (χ2n) is 5.46. The van der Waals surface area contributed by atoms with Crippen molar-refractivity contribution < 1.29 is 9.53 Å². The van der Waals surface area contributed by atoms with Crippen LogP contribution in [-0.2, 0) is 4.79 Å². The molecule has 0 spiro atoms. The lowest BCUT2D eigenvalue weighted by molar-refractivity contribution is -0.115. The summed E-state index contributed by atoms with van der Waals surface area (Å²) in [7, 11) is 1.63. The van der Waals surface area contributed by atoms with E-state index in [9.17, 15) is 4.79 Å². The van der Waals surface area contributed by atoms with Gasteiger partial charge in [0.1, 0.15) is 5.75 Å². The number of ether oxygens (including phenoxy) is 1. The van der Waals surface area contributed by atoms with E-state index in [-0.39, 0.29) is 5.75 Å². The molecule has 1 aromatic heterocycles. The van der Waals surface area contributed by atoms with E-state index in [1.807, 2.05) is 60.0 Å². The maximum absolute atomic E-state index is 11.2. The van der Waals surface area contributed by atoms with Gasteiger partial charge in [0.2, 0.25) is 5.91 Å². The molecule has 0 fully saturated rings. The van der Waals surface area contributed by atoms with Gasteiger partial charge in [0.15, 0.2) is 11.0 Å². The monoisotopic (exact) mass is 354 g/mol. The minimum Gasteiger partial charge on any atom is -0.497 e. The van der Waals surface area contributed by atoms with E-state index in [1.54, 1.807) is 7.11 Å². The van der Waals surface area contributed by atoms with Gasteiger partial charge in [0.25, 0.3) is 0 Å². The zero-order chi connectivity index (χ0) is 17.8. The van der Waals surface area contributed by atoms with Crippen LogP contribution in [0.4, 0.5) is 0 Å². The Bertz CT molecular complexity index is 890. The molecule has 0 radical (unpaired) electrons. The number of hydrogen-bond donors (Lipinski definition) is 1. The molecule has 0 unspecified atom stereocenters. The zero-order valence-corrected chi connectivity index (χ0v) is 14.8. The highest BCUT2D eigenvalue weighted by Crippen LogP contribution is 2.29. The van der Waals surface area contributed by atoms with Gasteiger partial charge in [-0.3, -0.25) is 9.36 Å². The van der Waals surface area contributed by atoms with Gasteiger partial charge in [0.05, 0.1) is 12.9 Å². The summed E-state index contributed by atoms with van der Waals surface area (Å²) in [5.74, 6) is 1.22. The van der Waals surface area contributed by atoms with E-state index in [0.717, 1.165) is 22.6 Å². The van der Waals surface area contributed by atoms with E-state index in [1.165, 1.54) is 11.8 Å². The minimum atomic E-state index is -0.397. The Morgan fingerprint density at radius 3 is 2.60 bits per heavy atom. The Labute approximate surface area is 150 Å². The largest absolute Gasteiger partial charge is 0.497 e. The minimum absolute atomic E-state index is 0.141. The number of primary amides is 1. The van der Waals surface area contributed by atoms with Gasteiger partial charge in [-0.15, -0.1) is 10.2 Å². The van der Waals surface area contributed by atoms with Crippen LogP contribution in [0.2, 0.25) is 0 Å². The van der Waals surface area contributed by atoms with Crippen LogP contribution in [0.1, 0.15) is 5.56 Å². The topological polar surface area (TPSA) is 83.0 Å². The van der Waals surface area contributed by atoms with E-state index < -0.39 is 5.91 Å². The number of aryl methyl sites for hydroxylation is 1. The van der Waals surface area contributed by atoms with Crippen molar-refractivity contribution in [2.75, 3.05) is 12.9 Å². The van der Waals surface area contributed by atoms with Crippen LogP contribution in [0.5, 0.6) is 5.75 Å². The van der Waals surface area contributed by atoms with Gasteiger partial charge in [-0.2, -0.15) is 0 Å². The fourth-order valence-electron chi connectivity index (χ4n) is 2.43. The third-order valence-electron chi connectivity index (χ3n) is 3.58. The number of nitrogens with two attached hydrogens (primary N) is 1. The Morgan fingerprint density at radius 2 is 1.96 bits per heavy atom. The predicted octanol–water partition coefficient (Wildman–Crippen LogP) is 2.83. The molecule has 7 heteroatoms. The summed E-state index contributed by atoms with van der Waals surface area (Å²) in [5.41, 5.74) is 8.24. The molecule has 128 valence electrons. The van der Waals surface area contributed by atoms with Gasteiger partial charge in [-0.05, 0) is 37.3 Å². The third kappa shape index (κ3) is 3.83. The van der Waals surface area contributed by atoms with Gasteiger partial charge in [-0.1, -0.05) is 35.5 Å². The van der Waals surface area contributed by atoms with Gasteiger partial charge in [0, 0.05) is 11.3 Å². The molecule has 2 aromatic carbocycles. The normalized spacial score (nSPS) is 10.6. The summed E-state index contributed by atoms with van der Waals surface area (Å²) in [4.78, 5) is 11.2. The van der Waals surface area contributed by atoms with Gasteiger partial charge < -0.3 is 10.5 Å². The third-order valence-corrected chi connectivity index (χ3v) is 4.54. The fraction of sp³-hybridized carbons (Fsp3) is 0.167. The Kier molecular flexibility index (Phi) is 5.04. The number of carbonyl (C=O) groups is 1. The maximum Gasteiger partial charge on any atom is 0.227 e. The Hall–Kier alpha value is -2.80. The standard InChI is InChI=1S/C18H18N4O2S/c1-12-4-3-5-13(10-12)17-20-21-18(25-11-16(19)23)22(17)14-6-8-15(24-2)9-7-14/h3-10H,11H2,1-2H3,(H2,19,23). The number of methoxy groups -OCH3 is 1. The number of benzene rings is 2. The van der Waals surface area contributed by atoms with Crippen molar-refractivity contribution in [1.29, 1.82) is 0 Å². The van der Waals surface area contributed by atoms with E-state index in [4.69, 9.17) is 10.5 Å². The van der Waals surface area contributed by atoms with Crippen molar-refractivity contribution in [2.24, 2.45) is 5.73 Å². The number of carbonyl (C=O) groups excluding carboxylic acids is 1. The first kappa shape index (κ1) is 17.0. The summed E-state index contributed by atoms with van der Waals surface area (Å²) in [5, 5.41) is 9.19. The number of hydrogen-bond acceptors (Lipinski definition) is 5. The molecule has 0 aliphatic heterocycles. The number of aromatic nitrogens is 3. The van der Waals surface area contributed by atoms with Crippen LogP contribution in [0.3, 0.4) is 0 Å². The van der Waals surface area contributed by atoms with Crippen molar-refractivity contribution in [1.82, 2.24) is 14.8 Å². The summed E-state index contributed by atoms with van der Waals surface area (Å²) in [6.45, 7) is 2.03. The molecule has 3 aromatic rings. The van der Waals surface area contributed by atoms with Crippen LogP contribution in [0.15, 0.2) is 53.7 Å². The van der Waals surface area contributed by atoms with Crippen molar-refractivity contribution in [3.63, 3.8) is 0 Å². The van der Waals surface area contributed by atoms with Crippen LogP contribution >= 0.6 is 11.8 Å². The molecule has 0 saturated carbocycles. The second kappa shape index (κ2) is 7.40. The SMILES string of the molecule is COc1ccc(-n2c(SCC(N)=O)nnc2-c2cccc(C)c2)cc1. The molecule has 1 heterocycles. The molecule has 3 rings (SSSR count). The quantitative estimate of drug-likeness (QED) is 0.688. The molecule has 2 N–H and O–H groups in total. The Morgan fingerprint density at radius 1 is 1.20 bits per heavy atom. The molecule has 25 heavy (non-hydrogen) atoms. The second-order valence-corrected chi connectivity index (χ2v) is 6.41. The van der Waals surface area contributed by atoms with E-state index in [0.29, 0.717) is 11.0 Å². The van der Waals surface area contributed by atoms with Crippen LogP contribution in [0.25, 0.3) is 17.1 Å². The lowest BCUT2D eigenvalue weighted by Gasteiger charge is -2.11. The number of amides is 1. The average Bonchev–Trinajstić information content (AvgIpc) is 3.04.